The molecule has 1 nitrogen and oxygen atoms in total. The average Bonchev–Trinajstić information content (AvgIpc) is 2.40. The number of nitrogens with one attached hydrogen (secondary N) is 1. The van der Waals surface area contributed by atoms with Crippen LogP contribution in [0.4, 0.5) is 0 Å². The van der Waals surface area contributed by atoms with Crippen LogP contribution in [0.2, 0.25) is 5.02 Å². The first-order valence-corrected chi connectivity index (χ1v) is 7.06. The van der Waals surface area contributed by atoms with Gasteiger partial charge in [-0.05, 0) is 49.1 Å². The quantitative estimate of drug-likeness (QED) is 0.765. The fourth-order valence-corrected chi connectivity index (χ4v) is 3.06. The van der Waals surface area contributed by atoms with Crippen molar-refractivity contribution in [1.82, 2.24) is 5.32 Å². The number of halogens is 1. The van der Waals surface area contributed by atoms with E-state index < -0.39 is 0 Å². The summed E-state index contributed by atoms with van der Waals surface area (Å²) in [6, 6.07) is 6.88. The molecule has 1 unspecified atom stereocenters. The molecule has 1 N–H and O–H groups in total. The van der Waals surface area contributed by atoms with Gasteiger partial charge in [-0.3, -0.25) is 0 Å². The van der Waals surface area contributed by atoms with Gasteiger partial charge in [0.15, 0.2) is 0 Å². The van der Waals surface area contributed by atoms with Crippen LogP contribution in [0.5, 0.6) is 0 Å². The highest BCUT2D eigenvalue weighted by Crippen LogP contribution is 2.34. The highest BCUT2D eigenvalue weighted by molar-refractivity contribution is 6.30. The third-order valence-corrected chi connectivity index (χ3v) is 4.17. The molecule has 0 aromatic heterocycles. The number of fused-ring (bicyclic) bond motifs is 1. The minimum absolute atomic E-state index is 0.489. The van der Waals surface area contributed by atoms with Gasteiger partial charge in [-0.15, -0.1) is 0 Å². The van der Waals surface area contributed by atoms with Gasteiger partial charge in [0.1, 0.15) is 0 Å². The average molecular weight is 252 g/mol. The molecule has 1 aliphatic rings. The van der Waals surface area contributed by atoms with Crippen LogP contribution in [0.3, 0.4) is 0 Å². The van der Waals surface area contributed by atoms with Gasteiger partial charge >= 0.3 is 0 Å². The first-order valence-electron chi connectivity index (χ1n) is 6.69. The maximum atomic E-state index is 6.15. The summed E-state index contributed by atoms with van der Waals surface area (Å²) in [4.78, 5) is 0. The molecule has 0 fully saturated rings. The molecule has 0 radical (unpaired) electrons. The van der Waals surface area contributed by atoms with Crippen molar-refractivity contribution in [2.75, 3.05) is 7.05 Å². The number of hydrogen-bond donors (Lipinski definition) is 1. The van der Waals surface area contributed by atoms with Gasteiger partial charge in [-0.25, -0.2) is 0 Å². The van der Waals surface area contributed by atoms with E-state index in [0.29, 0.717) is 12.0 Å². The third kappa shape index (κ3) is 3.02. The summed E-state index contributed by atoms with van der Waals surface area (Å²) in [5, 5.41) is 4.32. The monoisotopic (exact) mass is 251 g/mol. The Hall–Kier alpha value is -0.530. The van der Waals surface area contributed by atoms with E-state index in [4.69, 9.17) is 11.6 Å². The van der Waals surface area contributed by atoms with Crippen molar-refractivity contribution >= 4 is 11.6 Å². The number of rotatable bonds is 1. The first-order chi connectivity index (χ1) is 8.22. The SMILES string of the molecule is CNC1CCCCC[C@H](C)c2cc(Cl)ccc21. The zero-order chi connectivity index (χ0) is 12.3. The molecule has 0 bridgehead atoms. The fraction of sp³-hybridized carbons (Fsp3) is 0.600. The lowest BCUT2D eigenvalue weighted by Gasteiger charge is -2.22. The standard InChI is InChI=1S/C15H22ClN/c1-11-6-4-3-5-7-15(17-2)13-9-8-12(16)10-14(11)13/h8-11,15,17H,3-7H2,1-2H3/t11-,15?/m0/s1. The molecule has 2 rings (SSSR count). The van der Waals surface area contributed by atoms with Crippen LogP contribution in [-0.4, -0.2) is 7.05 Å². The molecule has 2 atom stereocenters. The van der Waals surface area contributed by atoms with Crippen LogP contribution in [0.15, 0.2) is 18.2 Å². The number of benzene rings is 1. The van der Waals surface area contributed by atoms with Crippen molar-refractivity contribution in [3.63, 3.8) is 0 Å². The van der Waals surface area contributed by atoms with Gasteiger partial charge < -0.3 is 5.32 Å². The van der Waals surface area contributed by atoms with Gasteiger partial charge in [-0.1, -0.05) is 43.9 Å². The van der Waals surface area contributed by atoms with Gasteiger partial charge in [0.25, 0.3) is 0 Å². The first kappa shape index (κ1) is 12.9. The lowest BCUT2D eigenvalue weighted by molar-refractivity contribution is 0.510. The molecule has 2 heteroatoms. The summed E-state index contributed by atoms with van der Waals surface area (Å²) >= 11 is 6.15. The lowest BCUT2D eigenvalue weighted by Crippen LogP contribution is -2.18. The summed E-state index contributed by atoms with van der Waals surface area (Å²) in [5.74, 6) is 0.623. The highest BCUT2D eigenvalue weighted by Gasteiger charge is 2.19. The Bertz CT molecular complexity index is 375. The Morgan fingerprint density at radius 3 is 2.65 bits per heavy atom. The second-order valence-corrected chi connectivity index (χ2v) is 5.59. The van der Waals surface area contributed by atoms with Crippen LogP contribution < -0.4 is 5.32 Å². The van der Waals surface area contributed by atoms with Crippen LogP contribution in [0.25, 0.3) is 0 Å². The van der Waals surface area contributed by atoms with Crippen LogP contribution in [0.1, 0.15) is 62.1 Å². The molecule has 1 aromatic rings. The van der Waals surface area contributed by atoms with Crippen molar-refractivity contribution < 1.29 is 0 Å². The molecular formula is C15H22ClN. The van der Waals surface area contributed by atoms with Crippen LogP contribution in [-0.2, 0) is 0 Å². The van der Waals surface area contributed by atoms with Crippen molar-refractivity contribution in [3.05, 3.63) is 34.3 Å². The molecular weight excluding hydrogens is 230 g/mol. The Balaban J connectivity index is 2.40. The van der Waals surface area contributed by atoms with E-state index >= 15 is 0 Å². The molecule has 1 aromatic carbocycles. The molecule has 0 amide bonds. The van der Waals surface area contributed by atoms with Gasteiger partial charge in [0.2, 0.25) is 0 Å². The van der Waals surface area contributed by atoms with E-state index in [2.05, 4.69) is 31.4 Å². The Kier molecular flexibility index (Phi) is 4.47. The van der Waals surface area contributed by atoms with Crippen molar-refractivity contribution in [1.29, 1.82) is 0 Å². The maximum Gasteiger partial charge on any atom is 0.0409 e. The lowest BCUT2D eigenvalue weighted by atomic mass is 9.89. The summed E-state index contributed by atoms with van der Waals surface area (Å²) < 4.78 is 0. The largest absolute Gasteiger partial charge is 0.313 e. The van der Waals surface area contributed by atoms with Crippen molar-refractivity contribution in [2.45, 2.75) is 51.0 Å². The molecule has 17 heavy (non-hydrogen) atoms. The summed E-state index contributed by atoms with van der Waals surface area (Å²) in [5.41, 5.74) is 2.89. The summed E-state index contributed by atoms with van der Waals surface area (Å²) in [6.07, 6.45) is 6.52. The van der Waals surface area contributed by atoms with E-state index in [0.717, 1.165) is 5.02 Å². The van der Waals surface area contributed by atoms with E-state index in [1.165, 1.54) is 43.2 Å². The Labute approximate surface area is 110 Å². The van der Waals surface area contributed by atoms with Gasteiger partial charge in [-0.2, -0.15) is 0 Å². The summed E-state index contributed by atoms with van der Waals surface area (Å²) in [6.45, 7) is 2.33. The van der Waals surface area contributed by atoms with Gasteiger partial charge in [0.05, 0.1) is 0 Å². The molecule has 0 saturated heterocycles. The smallest absolute Gasteiger partial charge is 0.0409 e. The fourth-order valence-electron chi connectivity index (χ4n) is 2.88. The van der Waals surface area contributed by atoms with E-state index in [1.54, 1.807) is 0 Å². The molecule has 0 heterocycles. The van der Waals surface area contributed by atoms with Crippen LogP contribution in [0, 0.1) is 0 Å². The zero-order valence-corrected chi connectivity index (χ0v) is 11.6. The Morgan fingerprint density at radius 1 is 1.12 bits per heavy atom. The Morgan fingerprint density at radius 2 is 1.88 bits per heavy atom. The predicted octanol–water partition coefficient (Wildman–Crippen LogP) is 4.67. The molecule has 94 valence electrons. The van der Waals surface area contributed by atoms with E-state index in [9.17, 15) is 0 Å². The second kappa shape index (κ2) is 5.88. The molecule has 0 aliphatic heterocycles. The minimum atomic E-state index is 0.489. The van der Waals surface area contributed by atoms with Gasteiger partial charge in [0, 0.05) is 11.1 Å². The van der Waals surface area contributed by atoms with Crippen LogP contribution >= 0.6 is 11.6 Å². The summed E-state index contributed by atoms with van der Waals surface area (Å²) in [7, 11) is 2.06. The number of hydrogen-bond acceptors (Lipinski definition) is 1. The minimum Gasteiger partial charge on any atom is -0.313 e. The van der Waals surface area contributed by atoms with E-state index in [-0.39, 0.29) is 0 Å². The maximum absolute atomic E-state index is 6.15. The molecule has 0 saturated carbocycles. The topological polar surface area (TPSA) is 12.0 Å². The molecule has 0 spiro atoms. The second-order valence-electron chi connectivity index (χ2n) is 5.15. The van der Waals surface area contributed by atoms with E-state index in [1.807, 2.05) is 6.07 Å². The third-order valence-electron chi connectivity index (χ3n) is 3.93. The van der Waals surface area contributed by atoms with Crippen molar-refractivity contribution in [2.24, 2.45) is 0 Å². The van der Waals surface area contributed by atoms with Crippen molar-refractivity contribution in [3.8, 4) is 0 Å². The predicted molar refractivity (Wildman–Crippen MR) is 74.8 cm³/mol. The zero-order valence-electron chi connectivity index (χ0n) is 10.8. The highest BCUT2D eigenvalue weighted by atomic mass is 35.5. The normalized spacial score (nSPS) is 25.6. The molecule has 1 aliphatic carbocycles.